The molecule has 15 heteroatoms. The van der Waals surface area contributed by atoms with Gasteiger partial charge in [-0.3, -0.25) is 24.0 Å². The van der Waals surface area contributed by atoms with Gasteiger partial charge in [-0.05, 0) is 79.8 Å². The molecule has 1 saturated heterocycles. The summed E-state index contributed by atoms with van der Waals surface area (Å²) in [6, 6.07) is 23.7. The van der Waals surface area contributed by atoms with Gasteiger partial charge in [-0.25, -0.2) is 9.97 Å². The molecule has 338 valence electrons. The number of aryl methyl sites for hydroxylation is 2. The molecule has 0 saturated carbocycles. The quantitative estimate of drug-likeness (QED) is 0.0564. The van der Waals surface area contributed by atoms with Crippen LogP contribution in [0.3, 0.4) is 0 Å². The highest BCUT2D eigenvalue weighted by Crippen LogP contribution is 2.31. The van der Waals surface area contributed by atoms with E-state index in [9.17, 15) is 24.0 Å². The maximum Gasteiger partial charge on any atom is 0.257 e. The van der Waals surface area contributed by atoms with E-state index >= 15 is 0 Å². The second kappa shape index (κ2) is 21.0. The second-order valence-electron chi connectivity index (χ2n) is 17.5. The Hall–Kier alpha value is -6.45. The molecule has 1 aliphatic rings. The molecule has 3 aromatic heterocycles. The average molecular weight is 913 g/mol. The number of unbranched alkanes of at least 4 members (excludes halogenated alkanes) is 2. The molecule has 1 fully saturated rings. The number of pyridine rings is 1. The number of amides is 5. The Kier molecular flexibility index (Phi) is 15.1. The number of nitrogens with one attached hydrogen (secondary N) is 5. The molecule has 65 heavy (non-hydrogen) atoms. The molecule has 3 aromatic carbocycles. The van der Waals surface area contributed by atoms with Crippen molar-refractivity contribution in [2.24, 2.45) is 5.41 Å². The summed E-state index contributed by atoms with van der Waals surface area (Å²) in [5.41, 5.74) is 7.26. The van der Waals surface area contributed by atoms with Crippen LogP contribution >= 0.6 is 22.7 Å². The summed E-state index contributed by atoms with van der Waals surface area (Å²) in [6.45, 7) is 10.8. The van der Waals surface area contributed by atoms with E-state index in [2.05, 4.69) is 36.6 Å². The van der Waals surface area contributed by atoms with Crippen LogP contribution in [0.2, 0.25) is 0 Å². The number of nitrogens with zero attached hydrogens (tertiary/aromatic N) is 3. The Bertz CT molecular complexity index is 2670. The minimum Gasteiger partial charge on any atom is -0.352 e. The van der Waals surface area contributed by atoms with E-state index in [1.165, 1.54) is 17.5 Å². The van der Waals surface area contributed by atoms with Crippen molar-refractivity contribution >= 4 is 79.5 Å². The molecule has 2 unspecified atom stereocenters. The van der Waals surface area contributed by atoms with Crippen LogP contribution in [0.1, 0.15) is 96.8 Å². The molecule has 0 radical (unpaired) electrons. The van der Waals surface area contributed by atoms with Gasteiger partial charge in [-0.2, -0.15) is 0 Å². The first kappa shape index (κ1) is 46.5. The summed E-state index contributed by atoms with van der Waals surface area (Å²) in [7, 11) is 0. The number of hydrogen-bond acceptors (Lipinski definition) is 10. The number of carbonyl (C=O) groups is 5. The summed E-state index contributed by atoms with van der Waals surface area (Å²) >= 11 is 3.08. The molecule has 0 aliphatic carbocycles. The third kappa shape index (κ3) is 11.6. The van der Waals surface area contributed by atoms with Gasteiger partial charge in [-0.15, -0.1) is 22.7 Å². The Labute approximate surface area is 387 Å². The lowest BCUT2D eigenvalue weighted by Gasteiger charge is -2.35. The molecular weight excluding hydrogens is 857 g/mol. The van der Waals surface area contributed by atoms with Crippen LogP contribution in [0.25, 0.3) is 20.5 Å². The molecule has 4 heterocycles. The Morgan fingerprint density at radius 2 is 1.62 bits per heavy atom. The molecular formula is C50H56N8O5S2. The number of likely N-dealkylation sites (tertiary alicyclic amines) is 1. The van der Waals surface area contributed by atoms with E-state index in [4.69, 9.17) is 0 Å². The first-order chi connectivity index (χ1) is 31.3. The first-order valence-corrected chi connectivity index (χ1v) is 23.8. The van der Waals surface area contributed by atoms with Gasteiger partial charge in [0.25, 0.3) is 11.8 Å². The number of thiazole rings is 1. The third-order valence-corrected chi connectivity index (χ3v) is 13.5. The maximum absolute atomic E-state index is 14.0. The molecule has 0 spiro atoms. The molecule has 5 amide bonds. The summed E-state index contributed by atoms with van der Waals surface area (Å²) in [4.78, 5) is 79.3. The van der Waals surface area contributed by atoms with Crippen molar-refractivity contribution < 1.29 is 24.0 Å². The minimum absolute atomic E-state index is 0.206. The smallest absolute Gasteiger partial charge is 0.257 e. The van der Waals surface area contributed by atoms with Gasteiger partial charge >= 0.3 is 0 Å². The standard InChI is InChI=1S/C50H56N8O5S2/c1-31-14-8-10-16-38(31)55-45-39(56-47(61)37-29-64-41-18-11-9-15-36(37)41)26-35(28-52-45)46(60)51-24-12-6-7-19-42(59)57-44(50(3,4)5)49(63)58-25-13-17-40(58)48(62)53-27-33-20-22-34(23-21-33)43-32(2)54-30-65-43/h8-11,14-16,18,20-23,26,28-30,40,44H,6-7,12-13,17,19,24-25,27H2,1-5H3,(H,51,60)(H,52,55)(H,53,62)(H,56,61)(H,57,59). The van der Waals surface area contributed by atoms with Crippen molar-refractivity contribution in [3.8, 4) is 10.4 Å². The van der Waals surface area contributed by atoms with Gasteiger partial charge < -0.3 is 31.5 Å². The number of aromatic nitrogens is 2. The first-order valence-electron chi connectivity index (χ1n) is 22.0. The van der Waals surface area contributed by atoms with E-state index < -0.39 is 17.5 Å². The highest BCUT2D eigenvalue weighted by molar-refractivity contribution is 7.17. The maximum atomic E-state index is 14.0. The predicted octanol–water partition coefficient (Wildman–Crippen LogP) is 9.16. The fraction of sp³-hybridized carbons (Fsp3) is 0.340. The summed E-state index contributed by atoms with van der Waals surface area (Å²) in [5.74, 6) is -0.952. The fourth-order valence-electron chi connectivity index (χ4n) is 7.87. The van der Waals surface area contributed by atoms with E-state index in [-0.39, 0.29) is 41.5 Å². The molecule has 7 rings (SSSR count). The van der Waals surface area contributed by atoms with E-state index in [0.29, 0.717) is 68.8 Å². The lowest BCUT2D eigenvalue weighted by molar-refractivity contribution is -0.143. The molecule has 13 nitrogen and oxygen atoms in total. The van der Waals surface area contributed by atoms with Crippen LogP contribution in [0.4, 0.5) is 17.2 Å². The van der Waals surface area contributed by atoms with Crippen LogP contribution < -0.4 is 26.6 Å². The minimum atomic E-state index is -0.809. The van der Waals surface area contributed by atoms with Gasteiger partial charge in [0.05, 0.1) is 32.9 Å². The van der Waals surface area contributed by atoms with E-state index in [1.807, 2.05) is 118 Å². The number of thiophene rings is 1. The lowest BCUT2D eigenvalue weighted by atomic mass is 9.85. The van der Waals surface area contributed by atoms with Crippen LogP contribution in [-0.4, -0.2) is 69.6 Å². The molecule has 1 aliphatic heterocycles. The molecule has 0 bridgehead atoms. The zero-order chi connectivity index (χ0) is 46.1. The summed E-state index contributed by atoms with van der Waals surface area (Å²) in [5, 5.41) is 17.9. The van der Waals surface area contributed by atoms with Crippen LogP contribution in [0.5, 0.6) is 0 Å². The Morgan fingerprint density at radius 3 is 2.37 bits per heavy atom. The molecule has 5 N–H and O–H groups in total. The van der Waals surface area contributed by atoms with Crippen molar-refractivity contribution in [1.29, 1.82) is 0 Å². The summed E-state index contributed by atoms with van der Waals surface area (Å²) < 4.78 is 0.998. The van der Waals surface area contributed by atoms with E-state index in [0.717, 1.165) is 43.0 Å². The third-order valence-electron chi connectivity index (χ3n) is 11.6. The Morgan fingerprint density at radius 1 is 0.846 bits per heavy atom. The monoisotopic (exact) mass is 912 g/mol. The van der Waals surface area contributed by atoms with Gasteiger partial charge in [0.15, 0.2) is 5.82 Å². The SMILES string of the molecule is Cc1ccccc1Nc1ncc(C(=O)NCCCCCC(=O)NC(C(=O)N2CCCC2C(=O)NCc2ccc(-c3scnc3C)cc2)C(C)(C)C)cc1NC(=O)c1csc2ccccc12. The zero-order valence-electron chi connectivity index (χ0n) is 37.5. The number of carbonyl (C=O) groups excluding carboxylic acids is 5. The highest BCUT2D eigenvalue weighted by Gasteiger charge is 2.41. The van der Waals surface area contributed by atoms with Gasteiger partial charge in [-0.1, -0.05) is 87.9 Å². The summed E-state index contributed by atoms with van der Waals surface area (Å²) in [6.07, 6.45) is 4.78. The van der Waals surface area contributed by atoms with Crippen molar-refractivity contribution in [3.63, 3.8) is 0 Å². The normalized spacial score (nSPS) is 14.2. The van der Waals surface area contributed by atoms with Gasteiger partial charge in [0.1, 0.15) is 12.1 Å². The zero-order valence-corrected chi connectivity index (χ0v) is 39.1. The number of benzene rings is 3. The number of anilines is 3. The number of para-hydroxylation sites is 1. The fourth-order valence-corrected chi connectivity index (χ4v) is 9.62. The van der Waals surface area contributed by atoms with Crippen molar-refractivity contribution in [2.75, 3.05) is 23.7 Å². The molecule has 6 aromatic rings. The molecule has 2 atom stereocenters. The number of fused-ring (bicyclic) bond motifs is 1. The van der Waals surface area contributed by atoms with Crippen LogP contribution in [-0.2, 0) is 20.9 Å². The van der Waals surface area contributed by atoms with Crippen molar-refractivity contribution in [3.05, 3.63) is 124 Å². The largest absolute Gasteiger partial charge is 0.352 e. The lowest BCUT2D eigenvalue weighted by Crippen LogP contribution is -2.57. The average Bonchev–Trinajstić information content (AvgIpc) is 4.07. The van der Waals surface area contributed by atoms with Crippen molar-refractivity contribution in [2.45, 2.75) is 91.8 Å². The van der Waals surface area contributed by atoms with E-state index in [1.54, 1.807) is 22.3 Å². The van der Waals surface area contributed by atoms with Crippen LogP contribution in [0, 0.1) is 19.3 Å². The van der Waals surface area contributed by atoms with Crippen molar-refractivity contribution in [1.82, 2.24) is 30.8 Å². The Balaban J connectivity index is 0.883. The number of rotatable bonds is 17. The van der Waals surface area contributed by atoms with Crippen LogP contribution in [0.15, 0.2) is 96.0 Å². The second-order valence-corrected chi connectivity index (χ2v) is 19.2. The van der Waals surface area contributed by atoms with Gasteiger partial charge in [0.2, 0.25) is 17.7 Å². The van der Waals surface area contributed by atoms with Gasteiger partial charge in [0, 0.05) is 53.4 Å². The topological polar surface area (TPSA) is 175 Å². The number of hydrogen-bond donors (Lipinski definition) is 5. The highest BCUT2D eigenvalue weighted by atomic mass is 32.1. The predicted molar refractivity (Wildman–Crippen MR) is 260 cm³/mol.